The predicted octanol–water partition coefficient (Wildman–Crippen LogP) is 4.32. The summed E-state index contributed by atoms with van der Waals surface area (Å²) in [4.78, 5) is 7.15. The summed E-state index contributed by atoms with van der Waals surface area (Å²) in [6, 6.07) is 8.49. The fourth-order valence-corrected chi connectivity index (χ4v) is 3.98. The van der Waals surface area contributed by atoms with Gasteiger partial charge < -0.3 is 5.32 Å². The number of anilines is 1. The molecule has 6 heteroatoms. The number of thiophene rings is 2. The van der Waals surface area contributed by atoms with Crippen molar-refractivity contribution >= 4 is 28.6 Å². The van der Waals surface area contributed by atoms with E-state index in [0.717, 1.165) is 24.2 Å². The van der Waals surface area contributed by atoms with Gasteiger partial charge in [-0.25, -0.2) is 4.98 Å². The topological polar surface area (TPSA) is 50.7 Å². The minimum Gasteiger partial charge on any atom is -0.340 e. The molecule has 0 radical (unpaired) electrons. The number of nitrogens with one attached hydrogen (secondary N) is 1. The van der Waals surface area contributed by atoms with Gasteiger partial charge in [-0.15, -0.1) is 27.8 Å². The third-order valence-electron chi connectivity index (χ3n) is 3.44. The van der Waals surface area contributed by atoms with Gasteiger partial charge in [0, 0.05) is 9.75 Å². The van der Waals surface area contributed by atoms with Crippen LogP contribution in [0.2, 0.25) is 0 Å². The molecule has 3 heterocycles. The SMILES string of the molecule is CCc1nnc(NC(c2cccs2)c2cccs2)nc1CC. The molecule has 22 heavy (non-hydrogen) atoms. The quantitative estimate of drug-likeness (QED) is 0.731. The Morgan fingerprint density at radius 1 is 0.955 bits per heavy atom. The van der Waals surface area contributed by atoms with Gasteiger partial charge in [0.2, 0.25) is 5.95 Å². The Morgan fingerprint density at radius 2 is 1.59 bits per heavy atom. The molecule has 4 nitrogen and oxygen atoms in total. The summed E-state index contributed by atoms with van der Waals surface area (Å²) in [5, 5.41) is 16.2. The van der Waals surface area contributed by atoms with Crippen LogP contribution in [-0.2, 0) is 12.8 Å². The zero-order valence-electron chi connectivity index (χ0n) is 12.6. The maximum atomic E-state index is 4.65. The lowest BCUT2D eigenvalue weighted by Gasteiger charge is -2.16. The van der Waals surface area contributed by atoms with Gasteiger partial charge >= 0.3 is 0 Å². The molecule has 3 aromatic rings. The number of hydrogen-bond donors (Lipinski definition) is 1. The van der Waals surface area contributed by atoms with E-state index in [1.807, 2.05) is 0 Å². The average Bonchev–Trinajstić information content (AvgIpc) is 3.25. The highest BCUT2D eigenvalue weighted by atomic mass is 32.1. The Bertz CT molecular complexity index is 674. The van der Waals surface area contributed by atoms with Gasteiger partial charge in [-0.05, 0) is 35.7 Å². The average molecular weight is 330 g/mol. The second-order valence-electron chi connectivity index (χ2n) is 4.84. The summed E-state index contributed by atoms with van der Waals surface area (Å²) in [6.07, 6.45) is 1.73. The summed E-state index contributed by atoms with van der Waals surface area (Å²) in [7, 11) is 0. The van der Waals surface area contributed by atoms with Crippen molar-refractivity contribution in [3.8, 4) is 0 Å². The molecule has 0 bridgehead atoms. The first kappa shape index (κ1) is 15.1. The molecule has 3 aromatic heterocycles. The molecule has 0 saturated heterocycles. The standard InChI is InChI=1S/C16H18N4S2/c1-3-11-12(4-2)19-20-16(17-11)18-15(13-7-5-9-21-13)14-8-6-10-22-14/h5-10,15H,3-4H2,1-2H3,(H,17,18,20). The number of rotatable bonds is 6. The van der Waals surface area contributed by atoms with Gasteiger partial charge in [-0.1, -0.05) is 26.0 Å². The van der Waals surface area contributed by atoms with Gasteiger partial charge in [0.25, 0.3) is 0 Å². The molecule has 0 fully saturated rings. The maximum absolute atomic E-state index is 4.65. The van der Waals surface area contributed by atoms with Crippen LogP contribution in [0, 0.1) is 0 Å². The lowest BCUT2D eigenvalue weighted by atomic mass is 10.2. The predicted molar refractivity (Wildman–Crippen MR) is 92.7 cm³/mol. The second kappa shape index (κ2) is 6.98. The van der Waals surface area contributed by atoms with Crippen molar-refractivity contribution in [3.05, 3.63) is 56.2 Å². The first-order chi connectivity index (χ1) is 10.8. The lowest BCUT2D eigenvalue weighted by Crippen LogP contribution is -2.14. The van der Waals surface area contributed by atoms with Gasteiger partial charge in [0.05, 0.1) is 17.4 Å². The highest BCUT2D eigenvalue weighted by Crippen LogP contribution is 2.31. The summed E-state index contributed by atoms with van der Waals surface area (Å²) < 4.78 is 0. The fourth-order valence-electron chi connectivity index (χ4n) is 2.32. The minimum absolute atomic E-state index is 0.0824. The first-order valence-corrected chi connectivity index (χ1v) is 9.13. The van der Waals surface area contributed by atoms with Crippen molar-refractivity contribution in [2.75, 3.05) is 5.32 Å². The molecule has 0 aromatic carbocycles. The van der Waals surface area contributed by atoms with Gasteiger partial charge in [-0.3, -0.25) is 0 Å². The van der Waals surface area contributed by atoms with Gasteiger partial charge in [0.1, 0.15) is 0 Å². The van der Waals surface area contributed by atoms with Crippen molar-refractivity contribution in [3.63, 3.8) is 0 Å². The van der Waals surface area contributed by atoms with Crippen LogP contribution in [0.3, 0.4) is 0 Å². The largest absolute Gasteiger partial charge is 0.340 e. The molecular weight excluding hydrogens is 312 g/mol. The summed E-state index contributed by atoms with van der Waals surface area (Å²) in [5.74, 6) is 0.598. The molecule has 0 aliphatic rings. The fraction of sp³-hybridized carbons (Fsp3) is 0.312. The van der Waals surface area contributed by atoms with Crippen molar-refractivity contribution in [2.45, 2.75) is 32.7 Å². The van der Waals surface area contributed by atoms with E-state index in [2.05, 4.69) is 69.4 Å². The number of hydrogen-bond acceptors (Lipinski definition) is 6. The van der Waals surface area contributed by atoms with E-state index in [1.165, 1.54) is 9.75 Å². The number of nitrogens with zero attached hydrogens (tertiary/aromatic N) is 3. The molecule has 0 unspecified atom stereocenters. The van der Waals surface area contributed by atoms with Crippen LogP contribution < -0.4 is 5.32 Å². The van der Waals surface area contributed by atoms with Crippen molar-refractivity contribution in [1.29, 1.82) is 0 Å². The molecule has 114 valence electrons. The summed E-state index contributed by atoms with van der Waals surface area (Å²) in [6.45, 7) is 4.18. The molecular formula is C16H18N4S2. The van der Waals surface area contributed by atoms with Gasteiger partial charge in [-0.2, -0.15) is 5.10 Å². The van der Waals surface area contributed by atoms with E-state index in [1.54, 1.807) is 22.7 Å². The Kier molecular flexibility index (Phi) is 4.80. The highest BCUT2D eigenvalue weighted by Gasteiger charge is 2.18. The summed E-state index contributed by atoms with van der Waals surface area (Å²) in [5.41, 5.74) is 2.01. The minimum atomic E-state index is 0.0824. The monoisotopic (exact) mass is 330 g/mol. The van der Waals surface area contributed by atoms with Crippen molar-refractivity contribution in [2.24, 2.45) is 0 Å². The van der Waals surface area contributed by atoms with E-state index in [0.29, 0.717) is 5.95 Å². The van der Waals surface area contributed by atoms with Crippen LogP contribution in [-0.4, -0.2) is 15.2 Å². The Labute approximate surface area is 138 Å². The Hall–Kier alpha value is -1.79. The third-order valence-corrected chi connectivity index (χ3v) is 5.31. The van der Waals surface area contributed by atoms with E-state index in [4.69, 9.17) is 0 Å². The smallest absolute Gasteiger partial charge is 0.243 e. The van der Waals surface area contributed by atoms with E-state index in [-0.39, 0.29) is 6.04 Å². The third kappa shape index (κ3) is 3.18. The zero-order chi connectivity index (χ0) is 15.4. The highest BCUT2D eigenvalue weighted by molar-refractivity contribution is 7.11. The number of aromatic nitrogens is 3. The first-order valence-electron chi connectivity index (χ1n) is 7.37. The van der Waals surface area contributed by atoms with E-state index in [9.17, 15) is 0 Å². The van der Waals surface area contributed by atoms with Crippen molar-refractivity contribution in [1.82, 2.24) is 15.2 Å². The van der Waals surface area contributed by atoms with Crippen LogP contribution in [0.5, 0.6) is 0 Å². The van der Waals surface area contributed by atoms with E-state index >= 15 is 0 Å². The Morgan fingerprint density at radius 3 is 2.09 bits per heavy atom. The van der Waals surface area contributed by atoms with Crippen LogP contribution in [0.15, 0.2) is 35.0 Å². The maximum Gasteiger partial charge on any atom is 0.243 e. The molecule has 3 rings (SSSR count). The van der Waals surface area contributed by atoms with Gasteiger partial charge in [0.15, 0.2) is 0 Å². The Balaban J connectivity index is 1.91. The molecule has 0 spiro atoms. The number of aryl methyl sites for hydroxylation is 2. The zero-order valence-corrected chi connectivity index (χ0v) is 14.2. The molecule has 0 aliphatic heterocycles. The van der Waals surface area contributed by atoms with Crippen LogP contribution in [0.4, 0.5) is 5.95 Å². The lowest BCUT2D eigenvalue weighted by molar-refractivity contribution is 0.809. The normalized spacial score (nSPS) is 11.0. The van der Waals surface area contributed by atoms with Crippen LogP contribution in [0.1, 0.15) is 41.0 Å². The summed E-state index contributed by atoms with van der Waals surface area (Å²) >= 11 is 3.47. The molecule has 0 aliphatic carbocycles. The van der Waals surface area contributed by atoms with E-state index < -0.39 is 0 Å². The van der Waals surface area contributed by atoms with Crippen LogP contribution in [0.25, 0.3) is 0 Å². The molecule has 0 atom stereocenters. The molecule has 1 N–H and O–H groups in total. The van der Waals surface area contributed by atoms with Crippen LogP contribution >= 0.6 is 22.7 Å². The van der Waals surface area contributed by atoms with Crippen molar-refractivity contribution < 1.29 is 0 Å². The molecule has 0 saturated carbocycles. The molecule has 0 amide bonds. The second-order valence-corrected chi connectivity index (χ2v) is 6.80.